The third kappa shape index (κ3) is 2.72. The zero-order valence-electron chi connectivity index (χ0n) is 11.4. The molecule has 0 bridgehead atoms. The van der Waals surface area contributed by atoms with Crippen LogP contribution < -0.4 is 16.6 Å². The van der Waals surface area contributed by atoms with E-state index in [9.17, 15) is 4.79 Å². The van der Waals surface area contributed by atoms with Gasteiger partial charge in [0, 0.05) is 11.3 Å². The third-order valence-corrected chi connectivity index (χ3v) is 4.04. The highest BCUT2D eigenvalue weighted by atomic mass is 32.1. The van der Waals surface area contributed by atoms with E-state index in [1.54, 1.807) is 12.1 Å². The lowest BCUT2D eigenvalue weighted by atomic mass is 10.1. The molecule has 21 heavy (non-hydrogen) atoms. The second-order valence-corrected chi connectivity index (χ2v) is 5.65. The minimum atomic E-state index is -0.129. The number of nitrogens with zero attached hydrogens (tertiary/aromatic N) is 1. The minimum Gasteiger partial charge on any atom is -0.322 e. The van der Waals surface area contributed by atoms with Gasteiger partial charge in [-0.15, -0.1) is 0 Å². The molecule has 0 aliphatic rings. The number of thiazole rings is 1. The zero-order valence-corrected chi connectivity index (χ0v) is 12.2. The summed E-state index contributed by atoms with van der Waals surface area (Å²) in [6, 6.07) is 12.9. The molecule has 1 heterocycles. The first-order valence-corrected chi connectivity index (χ1v) is 7.23. The molecule has 5 nitrogen and oxygen atoms in total. The third-order valence-electron chi connectivity index (χ3n) is 3.10. The van der Waals surface area contributed by atoms with Crippen molar-refractivity contribution in [2.45, 2.75) is 6.92 Å². The molecule has 0 aliphatic heterocycles. The fourth-order valence-corrected chi connectivity index (χ4v) is 3.02. The predicted octanol–water partition coefficient (Wildman–Crippen LogP) is 3.14. The van der Waals surface area contributed by atoms with Gasteiger partial charge in [-0.25, -0.2) is 10.8 Å². The normalized spacial score (nSPS) is 10.6. The quantitative estimate of drug-likeness (QED) is 0.512. The Morgan fingerprint density at radius 2 is 2.00 bits per heavy atom. The first-order chi connectivity index (χ1) is 10.2. The van der Waals surface area contributed by atoms with E-state index in [2.05, 4.69) is 15.7 Å². The van der Waals surface area contributed by atoms with Crippen molar-refractivity contribution in [1.29, 1.82) is 0 Å². The number of hydrogen-bond acceptors (Lipinski definition) is 5. The van der Waals surface area contributed by atoms with Gasteiger partial charge in [-0.05, 0) is 36.8 Å². The Morgan fingerprint density at radius 1 is 1.24 bits per heavy atom. The molecule has 0 radical (unpaired) electrons. The Labute approximate surface area is 125 Å². The Bertz CT molecular complexity index is 798. The number of rotatable bonds is 3. The number of anilines is 2. The summed E-state index contributed by atoms with van der Waals surface area (Å²) in [5.41, 5.74) is 5.82. The van der Waals surface area contributed by atoms with Gasteiger partial charge in [0.1, 0.15) is 0 Å². The van der Waals surface area contributed by atoms with Crippen LogP contribution >= 0.6 is 11.3 Å². The van der Waals surface area contributed by atoms with E-state index in [0.717, 1.165) is 21.5 Å². The number of carbonyl (C=O) groups is 1. The van der Waals surface area contributed by atoms with Crippen molar-refractivity contribution < 1.29 is 4.79 Å². The molecule has 1 aromatic heterocycles. The molecule has 0 unspecified atom stereocenters. The number of nitrogens with one attached hydrogen (secondary N) is 2. The molecule has 0 aliphatic carbocycles. The first kappa shape index (κ1) is 13.5. The number of fused-ring (bicyclic) bond motifs is 1. The summed E-state index contributed by atoms with van der Waals surface area (Å²) in [6.45, 7) is 1.96. The molecule has 0 fully saturated rings. The number of nitrogen functional groups attached to an aromatic ring is 1. The van der Waals surface area contributed by atoms with E-state index in [-0.39, 0.29) is 5.91 Å². The molecule has 0 spiro atoms. The second kappa shape index (κ2) is 5.51. The maximum absolute atomic E-state index is 12.2. The molecule has 6 heteroatoms. The van der Waals surface area contributed by atoms with Crippen LogP contribution in [0.3, 0.4) is 0 Å². The number of hydrogen-bond donors (Lipinski definition) is 3. The maximum Gasteiger partial charge on any atom is 0.255 e. The van der Waals surface area contributed by atoms with E-state index >= 15 is 0 Å². The fourth-order valence-electron chi connectivity index (χ4n) is 2.12. The van der Waals surface area contributed by atoms with Gasteiger partial charge < -0.3 is 5.32 Å². The van der Waals surface area contributed by atoms with Crippen LogP contribution in [0.25, 0.3) is 10.2 Å². The van der Waals surface area contributed by atoms with Crippen LogP contribution in [0.2, 0.25) is 0 Å². The number of amides is 1. The molecule has 0 saturated heterocycles. The van der Waals surface area contributed by atoms with E-state index < -0.39 is 0 Å². The molecule has 1 amide bonds. The van der Waals surface area contributed by atoms with E-state index in [1.165, 1.54) is 11.3 Å². The van der Waals surface area contributed by atoms with Crippen LogP contribution in [0, 0.1) is 6.92 Å². The lowest BCUT2D eigenvalue weighted by molar-refractivity contribution is 0.102. The van der Waals surface area contributed by atoms with E-state index in [1.807, 2.05) is 37.3 Å². The van der Waals surface area contributed by atoms with Gasteiger partial charge in [0.25, 0.3) is 5.91 Å². The lowest BCUT2D eigenvalue weighted by Crippen LogP contribution is -2.11. The van der Waals surface area contributed by atoms with Crippen LogP contribution in [0.4, 0.5) is 10.8 Å². The summed E-state index contributed by atoms with van der Waals surface area (Å²) in [7, 11) is 0. The molecule has 2 aromatic carbocycles. The number of aryl methyl sites for hydroxylation is 1. The second-order valence-electron chi connectivity index (χ2n) is 4.62. The van der Waals surface area contributed by atoms with Gasteiger partial charge in [-0.1, -0.05) is 29.5 Å². The topological polar surface area (TPSA) is 80.0 Å². The number of hydrazine groups is 1. The standard InChI is InChI=1S/C15H14N4OS/c1-9-7-11(8-12-13(9)18-15(19-16)21-12)17-14(20)10-5-3-2-4-6-10/h2-8H,16H2,1H3,(H,17,20)(H,18,19). The van der Waals surface area contributed by atoms with Crippen LogP contribution in [-0.4, -0.2) is 10.9 Å². The maximum atomic E-state index is 12.2. The molecular formula is C15H14N4OS. The van der Waals surface area contributed by atoms with Crippen molar-refractivity contribution in [2.75, 3.05) is 10.7 Å². The molecule has 0 saturated carbocycles. The summed E-state index contributed by atoms with van der Waals surface area (Å²) in [5, 5.41) is 3.56. The molecule has 106 valence electrons. The highest BCUT2D eigenvalue weighted by Gasteiger charge is 2.10. The van der Waals surface area contributed by atoms with E-state index in [0.29, 0.717) is 10.7 Å². The average Bonchev–Trinajstić information content (AvgIpc) is 2.92. The number of benzene rings is 2. The lowest BCUT2D eigenvalue weighted by Gasteiger charge is -2.06. The van der Waals surface area contributed by atoms with Gasteiger partial charge in [0.15, 0.2) is 5.13 Å². The Morgan fingerprint density at radius 3 is 2.71 bits per heavy atom. The van der Waals surface area contributed by atoms with Crippen molar-refractivity contribution in [3.8, 4) is 0 Å². The van der Waals surface area contributed by atoms with Gasteiger partial charge in [0.2, 0.25) is 0 Å². The Kier molecular flexibility index (Phi) is 3.55. The predicted molar refractivity (Wildman–Crippen MR) is 86.6 cm³/mol. The summed E-state index contributed by atoms with van der Waals surface area (Å²) in [4.78, 5) is 16.5. The Hall–Kier alpha value is -2.44. The largest absolute Gasteiger partial charge is 0.322 e. The molecule has 3 aromatic rings. The zero-order chi connectivity index (χ0) is 14.8. The Balaban J connectivity index is 1.92. The SMILES string of the molecule is Cc1cc(NC(=O)c2ccccc2)cc2sc(NN)nc12. The number of aromatic nitrogens is 1. The van der Waals surface area contributed by atoms with E-state index in [4.69, 9.17) is 5.84 Å². The average molecular weight is 298 g/mol. The molecule has 3 rings (SSSR count). The highest BCUT2D eigenvalue weighted by Crippen LogP contribution is 2.30. The minimum absolute atomic E-state index is 0.129. The molecule has 4 N–H and O–H groups in total. The van der Waals surface area contributed by atoms with Crippen LogP contribution in [0.1, 0.15) is 15.9 Å². The van der Waals surface area contributed by atoms with Crippen LogP contribution in [-0.2, 0) is 0 Å². The van der Waals surface area contributed by atoms with Crippen molar-refractivity contribution in [3.63, 3.8) is 0 Å². The first-order valence-electron chi connectivity index (χ1n) is 6.41. The molecular weight excluding hydrogens is 284 g/mol. The molecule has 0 atom stereocenters. The van der Waals surface area contributed by atoms with Crippen molar-refractivity contribution in [3.05, 3.63) is 53.6 Å². The van der Waals surface area contributed by atoms with Crippen LogP contribution in [0.15, 0.2) is 42.5 Å². The van der Waals surface area contributed by atoms with Gasteiger partial charge in [-0.2, -0.15) is 0 Å². The van der Waals surface area contributed by atoms with Crippen LogP contribution in [0.5, 0.6) is 0 Å². The smallest absolute Gasteiger partial charge is 0.255 e. The summed E-state index contributed by atoms with van der Waals surface area (Å²) >= 11 is 1.45. The number of carbonyl (C=O) groups excluding carboxylic acids is 1. The van der Waals surface area contributed by atoms with Gasteiger partial charge in [-0.3, -0.25) is 10.2 Å². The van der Waals surface area contributed by atoms with Crippen molar-refractivity contribution in [1.82, 2.24) is 4.98 Å². The van der Waals surface area contributed by atoms with Gasteiger partial charge >= 0.3 is 0 Å². The summed E-state index contributed by atoms with van der Waals surface area (Å²) in [6.07, 6.45) is 0. The fraction of sp³-hybridized carbons (Fsp3) is 0.0667. The summed E-state index contributed by atoms with van der Waals surface area (Å²) < 4.78 is 0.978. The summed E-state index contributed by atoms with van der Waals surface area (Å²) in [5.74, 6) is 5.26. The highest BCUT2D eigenvalue weighted by molar-refractivity contribution is 7.22. The number of nitrogens with two attached hydrogens (primary N) is 1. The monoisotopic (exact) mass is 298 g/mol. The van der Waals surface area contributed by atoms with Crippen molar-refractivity contribution >= 4 is 38.3 Å². The van der Waals surface area contributed by atoms with Gasteiger partial charge in [0.05, 0.1) is 10.2 Å². The van der Waals surface area contributed by atoms with Crippen molar-refractivity contribution in [2.24, 2.45) is 5.84 Å².